The highest BCUT2D eigenvalue weighted by Gasteiger charge is 2.07. The van der Waals surface area contributed by atoms with E-state index in [1.54, 1.807) is 6.07 Å². The standard InChI is InChI=1S/C10H16N2O/c1-3-9(11-4-2)10-6-5-8(13)7-12-10/h5-7,9,11,13H,3-4H2,1-2H3. The maximum Gasteiger partial charge on any atom is 0.133 e. The Morgan fingerprint density at radius 2 is 2.23 bits per heavy atom. The van der Waals surface area contributed by atoms with E-state index >= 15 is 0 Å². The Hall–Kier alpha value is -1.09. The summed E-state index contributed by atoms with van der Waals surface area (Å²) in [6.07, 6.45) is 2.49. The normalized spacial score (nSPS) is 12.8. The van der Waals surface area contributed by atoms with Crippen LogP contribution in [0.4, 0.5) is 0 Å². The molecule has 13 heavy (non-hydrogen) atoms. The molecule has 1 atom stereocenters. The van der Waals surface area contributed by atoms with Gasteiger partial charge in [0, 0.05) is 6.04 Å². The third-order valence-electron chi connectivity index (χ3n) is 1.99. The molecule has 0 fully saturated rings. The summed E-state index contributed by atoms with van der Waals surface area (Å²) in [7, 11) is 0. The summed E-state index contributed by atoms with van der Waals surface area (Å²) in [5.74, 6) is 0.218. The van der Waals surface area contributed by atoms with Crippen LogP contribution in [0.5, 0.6) is 5.75 Å². The highest BCUT2D eigenvalue weighted by atomic mass is 16.3. The number of hydrogen-bond donors (Lipinski definition) is 2. The number of nitrogens with one attached hydrogen (secondary N) is 1. The van der Waals surface area contributed by atoms with E-state index in [2.05, 4.69) is 24.1 Å². The van der Waals surface area contributed by atoms with Gasteiger partial charge in [0.25, 0.3) is 0 Å². The van der Waals surface area contributed by atoms with Crippen molar-refractivity contribution in [3.63, 3.8) is 0 Å². The average Bonchev–Trinajstić information content (AvgIpc) is 2.16. The Morgan fingerprint density at radius 1 is 1.46 bits per heavy atom. The predicted molar refractivity (Wildman–Crippen MR) is 52.6 cm³/mol. The van der Waals surface area contributed by atoms with Crippen molar-refractivity contribution in [2.45, 2.75) is 26.3 Å². The molecule has 1 aromatic rings. The van der Waals surface area contributed by atoms with Crippen LogP contribution in [-0.4, -0.2) is 16.6 Å². The van der Waals surface area contributed by atoms with Crippen molar-refractivity contribution in [1.29, 1.82) is 0 Å². The molecule has 1 unspecified atom stereocenters. The van der Waals surface area contributed by atoms with E-state index < -0.39 is 0 Å². The van der Waals surface area contributed by atoms with Gasteiger partial charge in [-0.1, -0.05) is 13.8 Å². The van der Waals surface area contributed by atoms with Gasteiger partial charge in [-0.25, -0.2) is 0 Å². The fraction of sp³-hybridized carbons (Fsp3) is 0.500. The maximum absolute atomic E-state index is 9.06. The smallest absolute Gasteiger partial charge is 0.133 e. The fourth-order valence-corrected chi connectivity index (χ4v) is 1.31. The van der Waals surface area contributed by atoms with Crippen LogP contribution >= 0.6 is 0 Å². The highest BCUT2D eigenvalue weighted by molar-refractivity contribution is 5.19. The molecule has 0 aliphatic carbocycles. The molecule has 72 valence electrons. The molecular weight excluding hydrogens is 164 g/mol. The molecular formula is C10H16N2O. The van der Waals surface area contributed by atoms with Crippen molar-refractivity contribution in [3.8, 4) is 5.75 Å². The van der Waals surface area contributed by atoms with Crippen LogP contribution in [0.15, 0.2) is 18.3 Å². The van der Waals surface area contributed by atoms with E-state index in [4.69, 9.17) is 5.11 Å². The zero-order valence-corrected chi connectivity index (χ0v) is 8.12. The minimum Gasteiger partial charge on any atom is -0.506 e. The van der Waals surface area contributed by atoms with Crippen LogP contribution in [0.25, 0.3) is 0 Å². The lowest BCUT2D eigenvalue weighted by Crippen LogP contribution is -2.20. The molecule has 0 amide bonds. The Balaban J connectivity index is 2.73. The molecule has 0 radical (unpaired) electrons. The number of hydrogen-bond acceptors (Lipinski definition) is 3. The Bertz CT molecular complexity index is 246. The first kappa shape index (κ1) is 9.99. The summed E-state index contributed by atoms with van der Waals surface area (Å²) in [4.78, 5) is 4.16. The molecule has 1 rings (SSSR count). The topological polar surface area (TPSA) is 45.1 Å². The van der Waals surface area contributed by atoms with Crippen molar-refractivity contribution in [2.75, 3.05) is 6.54 Å². The fourth-order valence-electron chi connectivity index (χ4n) is 1.31. The first-order valence-electron chi connectivity index (χ1n) is 4.66. The Labute approximate surface area is 78.8 Å². The molecule has 1 aromatic heterocycles. The van der Waals surface area contributed by atoms with Gasteiger partial charge in [0.2, 0.25) is 0 Å². The second kappa shape index (κ2) is 4.82. The van der Waals surface area contributed by atoms with Crippen LogP contribution in [-0.2, 0) is 0 Å². The number of rotatable bonds is 4. The van der Waals surface area contributed by atoms with Crippen LogP contribution < -0.4 is 5.32 Å². The average molecular weight is 180 g/mol. The molecule has 0 aliphatic heterocycles. The summed E-state index contributed by atoms with van der Waals surface area (Å²) in [6.45, 7) is 5.12. The van der Waals surface area contributed by atoms with Gasteiger partial charge in [0.15, 0.2) is 0 Å². The highest BCUT2D eigenvalue weighted by Crippen LogP contribution is 2.15. The minimum absolute atomic E-state index is 0.218. The largest absolute Gasteiger partial charge is 0.506 e. The van der Waals surface area contributed by atoms with Crippen LogP contribution in [0, 0.1) is 0 Å². The second-order valence-corrected chi connectivity index (χ2v) is 2.96. The third-order valence-corrected chi connectivity index (χ3v) is 1.99. The van der Waals surface area contributed by atoms with Crippen molar-refractivity contribution >= 4 is 0 Å². The maximum atomic E-state index is 9.06. The summed E-state index contributed by atoms with van der Waals surface area (Å²) < 4.78 is 0. The molecule has 0 aromatic carbocycles. The van der Waals surface area contributed by atoms with Gasteiger partial charge in [-0.05, 0) is 25.1 Å². The number of aromatic nitrogens is 1. The van der Waals surface area contributed by atoms with Gasteiger partial charge >= 0.3 is 0 Å². The zero-order chi connectivity index (χ0) is 9.68. The molecule has 0 saturated heterocycles. The zero-order valence-electron chi connectivity index (χ0n) is 8.12. The van der Waals surface area contributed by atoms with Crippen LogP contribution in [0.3, 0.4) is 0 Å². The minimum atomic E-state index is 0.218. The van der Waals surface area contributed by atoms with Gasteiger partial charge in [-0.2, -0.15) is 0 Å². The molecule has 0 saturated carbocycles. The molecule has 2 N–H and O–H groups in total. The summed E-state index contributed by atoms with van der Waals surface area (Å²) in [6, 6.07) is 3.82. The molecule has 0 aliphatic rings. The van der Waals surface area contributed by atoms with E-state index in [0.29, 0.717) is 6.04 Å². The van der Waals surface area contributed by atoms with E-state index in [9.17, 15) is 0 Å². The molecule has 0 spiro atoms. The third kappa shape index (κ3) is 2.70. The van der Waals surface area contributed by atoms with Gasteiger partial charge in [0.1, 0.15) is 5.75 Å². The molecule has 3 heteroatoms. The summed E-state index contributed by atoms with van der Waals surface area (Å²) >= 11 is 0. The van der Waals surface area contributed by atoms with E-state index in [0.717, 1.165) is 18.7 Å². The number of nitrogens with zero attached hydrogens (tertiary/aromatic N) is 1. The summed E-state index contributed by atoms with van der Waals surface area (Å²) in [5.41, 5.74) is 0.988. The van der Waals surface area contributed by atoms with Crippen LogP contribution in [0.2, 0.25) is 0 Å². The lowest BCUT2D eigenvalue weighted by molar-refractivity contribution is 0.468. The monoisotopic (exact) mass is 180 g/mol. The van der Waals surface area contributed by atoms with Gasteiger partial charge in [-0.3, -0.25) is 4.98 Å². The lowest BCUT2D eigenvalue weighted by Gasteiger charge is -2.14. The second-order valence-electron chi connectivity index (χ2n) is 2.96. The number of aromatic hydroxyl groups is 1. The van der Waals surface area contributed by atoms with Gasteiger partial charge in [-0.15, -0.1) is 0 Å². The number of pyridine rings is 1. The quantitative estimate of drug-likeness (QED) is 0.743. The first-order valence-corrected chi connectivity index (χ1v) is 4.66. The van der Waals surface area contributed by atoms with Crippen molar-refractivity contribution in [2.24, 2.45) is 0 Å². The van der Waals surface area contributed by atoms with E-state index in [1.165, 1.54) is 6.20 Å². The molecule has 0 bridgehead atoms. The summed E-state index contributed by atoms with van der Waals surface area (Å²) in [5, 5.41) is 12.4. The van der Waals surface area contributed by atoms with Crippen molar-refractivity contribution in [1.82, 2.24) is 10.3 Å². The molecule has 3 nitrogen and oxygen atoms in total. The van der Waals surface area contributed by atoms with Crippen molar-refractivity contribution in [3.05, 3.63) is 24.0 Å². The Kier molecular flexibility index (Phi) is 3.71. The van der Waals surface area contributed by atoms with Gasteiger partial charge < -0.3 is 10.4 Å². The lowest BCUT2D eigenvalue weighted by atomic mass is 10.1. The van der Waals surface area contributed by atoms with E-state index in [-0.39, 0.29) is 5.75 Å². The van der Waals surface area contributed by atoms with E-state index in [1.807, 2.05) is 6.07 Å². The Morgan fingerprint density at radius 3 is 2.69 bits per heavy atom. The SMILES string of the molecule is CCNC(CC)c1ccc(O)cn1. The van der Waals surface area contributed by atoms with Crippen LogP contribution in [0.1, 0.15) is 32.0 Å². The predicted octanol–water partition coefficient (Wildman–Crippen LogP) is 1.85. The van der Waals surface area contributed by atoms with Gasteiger partial charge in [0.05, 0.1) is 11.9 Å². The first-order chi connectivity index (χ1) is 6.27. The molecule has 1 heterocycles. The van der Waals surface area contributed by atoms with Crippen molar-refractivity contribution < 1.29 is 5.11 Å².